The first-order chi connectivity index (χ1) is 12.6. The number of aryl methyl sites for hydroxylation is 1. The monoisotopic (exact) mass is 356 g/mol. The van der Waals surface area contributed by atoms with E-state index in [1.54, 1.807) is 4.90 Å². The minimum Gasteiger partial charge on any atom is -0.478 e. The fourth-order valence-electron chi connectivity index (χ4n) is 3.55. The third-order valence-electron chi connectivity index (χ3n) is 5.04. The second kappa shape index (κ2) is 8.39. The van der Waals surface area contributed by atoms with Gasteiger partial charge in [0, 0.05) is 6.54 Å². The lowest BCUT2D eigenvalue weighted by Crippen LogP contribution is -2.49. The quantitative estimate of drug-likeness (QED) is 0.794. The molecule has 1 aliphatic carbocycles. The van der Waals surface area contributed by atoms with Crippen molar-refractivity contribution in [1.29, 1.82) is 0 Å². The maximum absolute atomic E-state index is 12.7. The summed E-state index contributed by atoms with van der Waals surface area (Å²) in [6, 6.07) is 5.73. The Bertz CT molecular complexity index is 711. The van der Waals surface area contributed by atoms with E-state index in [0.29, 0.717) is 24.4 Å². The molecule has 5 nitrogen and oxygen atoms in total. The molecule has 5 heteroatoms. The second-order valence-electron chi connectivity index (χ2n) is 7.12. The van der Waals surface area contributed by atoms with Gasteiger partial charge in [-0.25, -0.2) is 0 Å². The number of rotatable bonds is 6. The van der Waals surface area contributed by atoms with Crippen LogP contribution in [0.3, 0.4) is 0 Å². The predicted molar refractivity (Wildman–Crippen MR) is 102 cm³/mol. The van der Waals surface area contributed by atoms with Gasteiger partial charge in [-0.2, -0.15) is 0 Å². The zero-order chi connectivity index (χ0) is 18.5. The van der Waals surface area contributed by atoms with Gasteiger partial charge >= 0.3 is 0 Å². The Morgan fingerprint density at radius 3 is 2.92 bits per heavy atom. The van der Waals surface area contributed by atoms with E-state index in [4.69, 9.17) is 4.74 Å². The van der Waals surface area contributed by atoms with Crippen molar-refractivity contribution in [3.05, 3.63) is 35.4 Å². The summed E-state index contributed by atoms with van der Waals surface area (Å²) in [5, 5.41) is 2.96. The standard InChI is InChI=1S/C21H28N2O3/c1-3-18-21(25)23(17-13-15(2)9-10-19(17)26-18)14-20(24)22-12-11-16-7-5-4-6-8-16/h7,9-10,13,18H,3-6,8,11-12,14H2,1-2H3,(H,22,24)/t18-/m1/s1. The van der Waals surface area contributed by atoms with Crippen LogP contribution in [-0.4, -0.2) is 31.0 Å². The van der Waals surface area contributed by atoms with Gasteiger partial charge in [0.1, 0.15) is 12.3 Å². The maximum atomic E-state index is 12.7. The minimum absolute atomic E-state index is 0.0359. The molecular formula is C21H28N2O3. The number of amides is 2. The molecule has 3 rings (SSSR count). The van der Waals surface area contributed by atoms with E-state index in [2.05, 4.69) is 11.4 Å². The van der Waals surface area contributed by atoms with Gasteiger partial charge in [0.05, 0.1) is 5.69 Å². The molecule has 0 spiro atoms. The molecule has 0 radical (unpaired) electrons. The fraction of sp³-hybridized carbons (Fsp3) is 0.524. The van der Waals surface area contributed by atoms with Crippen LogP contribution in [-0.2, 0) is 9.59 Å². The number of allylic oxidation sites excluding steroid dienone is 1. The molecule has 0 aromatic heterocycles. The number of hydrogen-bond acceptors (Lipinski definition) is 3. The van der Waals surface area contributed by atoms with Crippen molar-refractivity contribution < 1.29 is 14.3 Å². The molecule has 0 bridgehead atoms. The number of benzene rings is 1. The molecule has 1 heterocycles. The highest BCUT2D eigenvalue weighted by Crippen LogP contribution is 2.35. The van der Waals surface area contributed by atoms with Crippen LogP contribution >= 0.6 is 0 Å². The number of fused-ring (bicyclic) bond motifs is 1. The predicted octanol–water partition coefficient (Wildman–Crippen LogP) is 3.51. The molecule has 0 saturated heterocycles. The zero-order valence-electron chi connectivity index (χ0n) is 15.7. The van der Waals surface area contributed by atoms with E-state index in [1.807, 2.05) is 32.0 Å². The topological polar surface area (TPSA) is 58.6 Å². The average Bonchev–Trinajstić information content (AvgIpc) is 2.65. The lowest BCUT2D eigenvalue weighted by Gasteiger charge is -2.34. The van der Waals surface area contributed by atoms with Crippen LogP contribution in [0, 0.1) is 6.92 Å². The second-order valence-corrected chi connectivity index (χ2v) is 7.12. The molecule has 1 atom stereocenters. The first-order valence-electron chi connectivity index (χ1n) is 9.61. The Morgan fingerprint density at radius 2 is 2.19 bits per heavy atom. The van der Waals surface area contributed by atoms with Crippen LogP contribution in [0.5, 0.6) is 5.75 Å². The Hall–Kier alpha value is -2.30. The van der Waals surface area contributed by atoms with E-state index in [-0.39, 0.29) is 18.4 Å². The number of carbonyl (C=O) groups excluding carboxylic acids is 2. The molecule has 0 fully saturated rings. The van der Waals surface area contributed by atoms with Crippen LogP contribution in [0.25, 0.3) is 0 Å². The van der Waals surface area contributed by atoms with Crippen molar-refractivity contribution in [3.8, 4) is 5.75 Å². The van der Waals surface area contributed by atoms with Crippen molar-refractivity contribution >= 4 is 17.5 Å². The highest BCUT2D eigenvalue weighted by molar-refractivity contribution is 6.03. The van der Waals surface area contributed by atoms with Crippen molar-refractivity contribution in [1.82, 2.24) is 5.32 Å². The van der Waals surface area contributed by atoms with Crippen LogP contribution in [0.1, 0.15) is 51.0 Å². The van der Waals surface area contributed by atoms with Crippen molar-refractivity contribution in [2.45, 2.75) is 58.5 Å². The number of hydrogen-bond donors (Lipinski definition) is 1. The highest BCUT2D eigenvalue weighted by Gasteiger charge is 2.34. The lowest BCUT2D eigenvalue weighted by molar-refractivity contribution is -0.129. The summed E-state index contributed by atoms with van der Waals surface area (Å²) in [6.07, 6.45) is 8.07. The summed E-state index contributed by atoms with van der Waals surface area (Å²) in [5.74, 6) is 0.400. The summed E-state index contributed by atoms with van der Waals surface area (Å²) in [7, 11) is 0. The first kappa shape index (κ1) is 18.5. The van der Waals surface area contributed by atoms with Gasteiger partial charge in [0.25, 0.3) is 5.91 Å². The van der Waals surface area contributed by atoms with E-state index in [9.17, 15) is 9.59 Å². The van der Waals surface area contributed by atoms with Crippen LogP contribution in [0.4, 0.5) is 5.69 Å². The Labute approximate surface area is 155 Å². The number of ether oxygens (including phenoxy) is 1. The smallest absolute Gasteiger partial charge is 0.268 e. The molecule has 1 aromatic carbocycles. The lowest BCUT2D eigenvalue weighted by atomic mass is 9.97. The van der Waals surface area contributed by atoms with Gasteiger partial charge in [-0.1, -0.05) is 24.6 Å². The van der Waals surface area contributed by atoms with E-state index < -0.39 is 6.10 Å². The van der Waals surface area contributed by atoms with Gasteiger partial charge in [-0.05, 0) is 63.1 Å². The molecular weight excluding hydrogens is 328 g/mol. The van der Waals surface area contributed by atoms with Crippen molar-refractivity contribution in [2.24, 2.45) is 0 Å². The molecule has 1 N–H and O–H groups in total. The van der Waals surface area contributed by atoms with Crippen LogP contribution in [0.2, 0.25) is 0 Å². The van der Waals surface area contributed by atoms with Gasteiger partial charge in [0.2, 0.25) is 5.91 Å². The average molecular weight is 356 g/mol. The van der Waals surface area contributed by atoms with Crippen LogP contribution < -0.4 is 15.0 Å². The summed E-state index contributed by atoms with van der Waals surface area (Å²) < 4.78 is 5.79. The molecule has 2 aliphatic rings. The normalized spacial score (nSPS) is 19.5. The van der Waals surface area contributed by atoms with Crippen molar-refractivity contribution in [3.63, 3.8) is 0 Å². The number of nitrogens with one attached hydrogen (secondary N) is 1. The van der Waals surface area contributed by atoms with Gasteiger partial charge in [0.15, 0.2) is 6.10 Å². The number of anilines is 1. The Balaban J connectivity index is 1.63. The largest absolute Gasteiger partial charge is 0.478 e. The third-order valence-corrected chi connectivity index (χ3v) is 5.04. The fourth-order valence-corrected chi connectivity index (χ4v) is 3.55. The molecule has 140 valence electrons. The zero-order valence-corrected chi connectivity index (χ0v) is 15.7. The number of nitrogens with zero attached hydrogens (tertiary/aromatic N) is 1. The first-order valence-corrected chi connectivity index (χ1v) is 9.61. The van der Waals surface area contributed by atoms with Crippen molar-refractivity contribution in [2.75, 3.05) is 18.0 Å². The van der Waals surface area contributed by atoms with E-state index in [0.717, 1.165) is 24.8 Å². The van der Waals surface area contributed by atoms with Gasteiger partial charge in [-0.3, -0.25) is 14.5 Å². The Morgan fingerprint density at radius 1 is 1.35 bits per heavy atom. The molecule has 0 saturated carbocycles. The molecule has 1 aliphatic heterocycles. The Kier molecular flexibility index (Phi) is 5.96. The van der Waals surface area contributed by atoms with Gasteiger partial charge < -0.3 is 10.1 Å². The summed E-state index contributed by atoms with van der Waals surface area (Å²) in [4.78, 5) is 26.7. The third kappa shape index (κ3) is 4.26. The number of carbonyl (C=O) groups is 2. The molecule has 0 unspecified atom stereocenters. The SMILES string of the molecule is CC[C@H]1Oc2ccc(C)cc2N(CC(=O)NCCC2=CCCCC2)C1=O. The maximum Gasteiger partial charge on any atom is 0.268 e. The molecule has 26 heavy (non-hydrogen) atoms. The van der Waals surface area contributed by atoms with E-state index in [1.165, 1.54) is 18.4 Å². The van der Waals surface area contributed by atoms with Crippen LogP contribution in [0.15, 0.2) is 29.8 Å². The van der Waals surface area contributed by atoms with Gasteiger partial charge in [-0.15, -0.1) is 0 Å². The highest BCUT2D eigenvalue weighted by atomic mass is 16.5. The minimum atomic E-state index is -0.523. The molecule has 2 amide bonds. The van der Waals surface area contributed by atoms with E-state index >= 15 is 0 Å². The summed E-state index contributed by atoms with van der Waals surface area (Å²) in [5.41, 5.74) is 3.15. The molecule has 1 aromatic rings. The summed E-state index contributed by atoms with van der Waals surface area (Å²) >= 11 is 0. The summed E-state index contributed by atoms with van der Waals surface area (Å²) in [6.45, 7) is 4.54.